The number of nitro groups is 1. The maximum absolute atomic E-state index is 13.4. The van der Waals surface area contributed by atoms with Crippen LogP contribution in [0, 0.1) is 15.9 Å². The third-order valence-electron chi connectivity index (χ3n) is 1.99. The lowest BCUT2D eigenvalue weighted by molar-refractivity contribution is -0.387. The highest BCUT2D eigenvalue weighted by Gasteiger charge is 2.32. The van der Waals surface area contributed by atoms with Gasteiger partial charge < -0.3 is 14.6 Å². The summed E-state index contributed by atoms with van der Waals surface area (Å²) in [6.45, 7) is 0. The van der Waals surface area contributed by atoms with E-state index in [-0.39, 0.29) is 5.75 Å². The molecule has 0 fully saturated rings. The van der Waals surface area contributed by atoms with E-state index in [4.69, 9.17) is 14.6 Å². The second-order valence-corrected chi connectivity index (χ2v) is 2.88. The van der Waals surface area contributed by atoms with Gasteiger partial charge in [-0.2, -0.15) is 4.39 Å². The van der Waals surface area contributed by atoms with Gasteiger partial charge in [0.05, 0.1) is 19.1 Å². The Morgan fingerprint density at radius 3 is 2.41 bits per heavy atom. The van der Waals surface area contributed by atoms with Gasteiger partial charge in [0, 0.05) is 6.07 Å². The van der Waals surface area contributed by atoms with Gasteiger partial charge in [0.15, 0.2) is 17.1 Å². The Morgan fingerprint density at radius 1 is 1.47 bits per heavy atom. The number of methoxy groups -OCH3 is 2. The molecule has 92 valence electrons. The number of carboxylic acids is 1. The lowest BCUT2D eigenvalue weighted by atomic mass is 10.1. The van der Waals surface area contributed by atoms with Gasteiger partial charge in [-0.15, -0.1) is 0 Å². The molecule has 0 bridgehead atoms. The standard InChI is InChI=1S/C9H8FNO6/c1-16-5-3-4(10)7(11(14)15)6(9(12)13)8(5)17-2/h3H,1-2H3,(H,12,13). The smallest absolute Gasteiger partial charge is 0.346 e. The van der Waals surface area contributed by atoms with Crippen LogP contribution in [-0.2, 0) is 0 Å². The summed E-state index contributed by atoms with van der Waals surface area (Å²) >= 11 is 0. The zero-order valence-corrected chi connectivity index (χ0v) is 8.89. The molecule has 1 N–H and O–H groups in total. The van der Waals surface area contributed by atoms with E-state index in [0.717, 1.165) is 14.2 Å². The molecular weight excluding hydrogens is 237 g/mol. The molecule has 0 aliphatic heterocycles. The van der Waals surface area contributed by atoms with Crippen molar-refractivity contribution < 1.29 is 28.7 Å². The Kier molecular flexibility index (Phi) is 3.46. The summed E-state index contributed by atoms with van der Waals surface area (Å²) < 4.78 is 22.8. The molecule has 0 radical (unpaired) electrons. The zero-order valence-electron chi connectivity index (χ0n) is 8.89. The molecule has 0 amide bonds. The Morgan fingerprint density at radius 2 is 2.06 bits per heavy atom. The van der Waals surface area contributed by atoms with Gasteiger partial charge in [-0.1, -0.05) is 0 Å². The van der Waals surface area contributed by atoms with Crippen LogP contribution < -0.4 is 9.47 Å². The molecule has 17 heavy (non-hydrogen) atoms. The van der Waals surface area contributed by atoms with Crippen LogP contribution in [0.15, 0.2) is 6.07 Å². The van der Waals surface area contributed by atoms with Gasteiger partial charge in [0.1, 0.15) is 0 Å². The molecule has 0 aliphatic carbocycles. The fourth-order valence-corrected chi connectivity index (χ4v) is 1.33. The maximum atomic E-state index is 13.4. The number of carboxylic acid groups (broad SMARTS) is 1. The van der Waals surface area contributed by atoms with Crippen molar-refractivity contribution in [3.8, 4) is 11.5 Å². The lowest BCUT2D eigenvalue weighted by Crippen LogP contribution is -2.09. The normalized spacial score (nSPS) is 9.82. The van der Waals surface area contributed by atoms with Gasteiger partial charge in [0.2, 0.25) is 5.82 Å². The molecule has 0 saturated heterocycles. The number of carbonyl (C=O) groups is 1. The Hall–Kier alpha value is -2.38. The van der Waals surface area contributed by atoms with Crippen molar-refractivity contribution in [1.82, 2.24) is 0 Å². The van der Waals surface area contributed by atoms with Crippen LogP contribution in [0.2, 0.25) is 0 Å². The van der Waals surface area contributed by atoms with Crippen molar-refractivity contribution in [2.75, 3.05) is 14.2 Å². The Bertz CT molecular complexity index is 487. The van der Waals surface area contributed by atoms with Gasteiger partial charge in [0.25, 0.3) is 0 Å². The van der Waals surface area contributed by atoms with Crippen molar-refractivity contribution >= 4 is 11.7 Å². The zero-order chi connectivity index (χ0) is 13.2. The number of aromatic carboxylic acids is 1. The van der Waals surface area contributed by atoms with Crippen LogP contribution in [-0.4, -0.2) is 30.2 Å². The van der Waals surface area contributed by atoms with E-state index < -0.39 is 33.7 Å². The van der Waals surface area contributed by atoms with E-state index in [0.29, 0.717) is 6.07 Å². The molecule has 1 rings (SSSR count). The first-order valence-corrected chi connectivity index (χ1v) is 4.26. The number of nitro benzene ring substituents is 1. The number of hydrogen-bond donors (Lipinski definition) is 1. The molecule has 1 aromatic rings. The number of hydrogen-bond acceptors (Lipinski definition) is 5. The van der Waals surface area contributed by atoms with Crippen LogP contribution in [0.1, 0.15) is 10.4 Å². The van der Waals surface area contributed by atoms with Gasteiger partial charge in [-0.25, -0.2) is 4.79 Å². The molecule has 0 heterocycles. The molecule has 0 unspecified atom stereocenters. The number of benzene rings is 1. The summed E-state index contributed by atoms with van der Waals surface area (Å²) in [7, 11) is 2.26. The number of halogens is 1. The van der Waals surface area contributed by atoms with Gasteiger partial charge in [-0.05, 0) is 0 Å². The number of nitrogens with zero attached hydrogens (tertiary/aromatic N) is 1. The van der Waals surface area contributed by atoms with Crippen molar-refractivity contribution in [3.63, 3.8) is 0 Å². The van der Waals surface area contributed by atoms with Crippen molar-refractivity contribution in [2.45, 2.75) is 0 Å². The molecule has 8 heteroatoms. The first kappa shape index (κ1) is 12.7. The fourth-order valence-electron chi connectivity index (χ4n) is 1.33. The predicted octanol–water partition coefficient (Wildman–Crippen LogP) is 1.45. The number of rotatable bonds is 4. The second-order valence-electron chi connectivity index (χ2n) is 2.88. The van der Waals surface area contributed by atoms with Crippen LogP contribution in [0.25, 0.3) is 0 Å². The van der Waals surface area contributed by atoms with Crippen LogP contribution in [0.4, 0.5) is 10.1 Å². The fraction of sp³-hybridized carbons (Fsp3) is 0.222. The highest BCUT2D eigenvalue weighted by Crippen LogP contribution is 2.39. The highest BCUT2D eigenvalue weighted by molar-refractivity contribution is 5.96. The monoisotopic (exact) mass is 245 g/mol. The van der Waals surface area contributed by atoms with Gasteiger partial charge >= 0.3 is 11.7 Å². The molecule has 0 aromatic heterocycles. The minimum Gasteiger partial charge on any atom is -0.493 e. The van der Waals surface area contributed by atoms with Crippen molar-refractivity contribution in [2.24, 2.45) is 0 Å². The average Bonchev–Trinajstić information content (AvgIpc) is 2.26. The molecule has 0 spiro atoms. The predicted molar refractivity (Wildman–Crippen MR) is 53.1 cm³/mol. The first-order valence-electron chi connectivity index (χ1n) is 4.26. The Balaban J connectivity index is 3.73. The average molecular weight is 245 g/mol. The van der Waals surface area contributed by atoms with Crippen molar-refractivity contribution in [3.05, 3.63) is 27.6 Å². The topological polar surface area (TPSA) is 98.9 Å². The molecule has 0 aliphatic rings. The largest absolute Gasteiger partial charge is 0.493 e. The third-order valence-corrected chi connectivity index (χ3v) is 1.99. The molecule has 0 atom stereocenters. The summed E-state index contributed by atoms with van der Waals surface area (Å²) in [4.78, 5) is 20.4. The van der Waals surface area contributed by atoms with E-state index in [1.165, 1.54) is 0 Å². The summed E-state index contributed by atoms with van der Waals surface area (Å²) in [5, 5.41) is 19.5. The minimum absolute atomic E-state index is 0.229. The SMILES string of the molecule is COc1cc(F)c([N+](=O)[O-])c(C(=O)O)c1OC. The van der Waals surface area contributed by atoms with E-state index in [9.17, 15) is 19.3 Å². The molecular formula is C9H8FNO6. The van der Waals surface area contributed by atoms with Crippen LogP contribution >= 0.6 is 0 Å². The van der Waals surface area contributed by atoms with Crippen LogP contribution in [0.3, 0.4) is 0 Å². The maximum Gasteiger partial charge on any atom is 0.346 e. The Labute approximate surface area is 94.5 Å². The lowest BCUT2D eigenvalue weighted by Gasteiger charge is -2.10. The van der Waals surface area contributed by atoms with E-state index in [1.54, 1.807) is 0 Å². The quantitative estimate of drug-likeness (QED) is 0.636. The van der Waals surface area contributed by atoms with E-state index >= 15 is 0 Å². The number of ether oxygens (including phenoxy) is 2. The highest BCUT2D eigenvalue weighted by atomic mass is 19.1. The molecule has 7 nitrogen and oxygen atoms in total. The summed E-state index contributed by atoms with van der Waals surface area (Å²) in [6, 6.07) is 0.698. The molecule has 1 aromatic carbocycles. The van der Waals surface area contributed by atoms with Crippen LogP contribution in [0.5, 0.6) is 11.5 Å². The van der Waals surface area contributed by atoms with Gasteiger partial charge in [-0.3, -0.25) is 10.1 Å². The summed E-state index contributed by atoms with van der Waals surface area (Å²) in [5.41, 5.74) is -2.04. The van der Waals surface area contributed by atoms with E-state index in [2.05, 4.69) is 0 Å². The molecule has 0 saturated carbocycles. The van der Waals surface area contributed by atoms with E-state index in [1.807, 2.05) is 0 Å². The minimum atomic E-state index is -1.67. The second kappa shape index (κ2) is 4.64. The summed E-state index contributed by atoms with van der Waals surface area (Å²) in [6.07, 6.45) is 0. The van der Waals surface area contributed by atoms with Crippen molar-refractivity contribution in [1.29, 1.82) is 0 Å². The first-order chi connectivity index (χ1) is 7.93. The third kappa shape index (κ3) is 2.10. The summed E-state index contributed by atoms with van der Waals surface area (Å²) in [5.74, 6) is -3.60.